The molecular weight excluding hydrogens is 473 g/mol. The van der Waals surface area contributed by atoms with Crippen molar-refractivity contribution >= 4 is 38.9 Å². The van der Waals surface area contributed by atoms with E-state index in [9.17, 15) is 27.5 Å². The molecule has 2 fully saturated rings. The van der Waals surface area contributed by atoms with E-state index >= 15 is 0 Å². The van der Waals surface area contributed by atoms with E-state index in [1.165, 1.54) is 38.4 Å². The van der Waals surface area contributed by atoms with Crippen LogP contribution in [0.15, 0.2) is 41.3 Å². The van der Waals surface area contributed by atoms with E-state index in [1.807, 2.05) is 0 Å². The van der Waals surface area contributed by atoms with Crippen molar-refractivity contribution in [3.63, 3.8) is 0 Å². The van der Waals surface area contributed by atoms with Crippen LogP contribution in [-0.2, 0) is 25.2 Å². The molecule has 176 valence electrons. The van der Waals surface area contributed by atoms with Crippen molar-refractivity contribution in [1.29, 1.82) is 0 Å². The number of carbonyl (C=O) groups excluding carboxylic acids is 2. The number of nitrogens with one attached hydrogen (secondary N) is 2. The SMILES string of the molecule is CN(C)S(=O)(=O)c1c(Cl)ccc(NC2C(=O)C(=O)C2NC2(c3cccc(F)c3)CCC2)c1O. The van der Waals surface area contributed by atoms with Crippen LogP contribution in [0.2, 0.25) is 5.02 Å². The van der Waals surface area contributed by atoms with Crippen LogP contribution in [0.3, 0.4) is 0 Å². The van der Waals surface area contributed by atoms with Crippen molar-refractivity contribution in [3.05, 3.63) is 52.8 Å². The number of phenols is 1. The van der Waals surface area contributed by atoms with Gasteiger partial charge in [0.1, 0.15) is 22.8 Å². The number of aromatic hydroxyl groups is 1. The van der Waals surface area contributed by atoms with Gasteiger partial charge in [-0.3, -0.25) is 14.9 Å². The quantitative estimate of drug-likeness (QED) is 0.399. The second-order valence-corrected chi connectivity index (χ2v) is 11.0. The molecule has 0 spiro atoms. The molecule has 4 rings (SSSR count). The van der Waals surface area contributed by atoms with Crippen molar-refractivity contribution < 1.29 is 27.5 Å². The number of benzene rings is 2. The highest BCUT2D eigenvalue weighted by Gasteiger charge is 2.54. The summed E-state index contributed by atoms with van der Waals surface area (Å²) in [5.74, 6) is -2.38. The topological polar surface area (TPSA) is 116 Å². The predicted octanol–water partition coefficient (Wildman–Crippen LogP) is 2.40. The number of rotatable bonds is 7. The third-order valence-electron chi connectivity index (χ3n) is 6.29. The first-order valence-corrected chi connectivity index (χ1v) is 12.1. The van der Waals surface area contributed by atoms with Crippen LogP contribution in [0.1, 0.15) is 24.8 Å². The maximum absolute atomic E-state index is 13.8. The molecule has 0 heterocycles. The summed E-state index contributed by atoms with van der Waals surface area (Å²) < 4.78 is 39.9. The van der Waals surface area contributed by atoms with Crippen molar-refractivity contribution in [1.82, 2.24) is 9.62 Å². The Balaban J connectivity index is 1.63. The fourth-order valence-corrected chi connectivity index (χ4v) is 5.68. The summed E-state index contributed by atoms with van der Waals surface area (Å²) in [6.07, 6.45) is 2.21. The van der Waals surface area contributed by atoms with E-state index in [0.717, 1.165) is 10.7 Å². The molecule has 0 radical (unpaired) electrons. The van der Waals surface area contributed by atoms with E-state index < -0.39 is 55.7 Å². The van der Waals surface area contributed by atoms with E-state index in [0.29, 0.717) is 18.4 Å². The van der Waals surface area contributed by atoms with E-state index in [-0.39, 0.29) is 10.7 Å². The van der Waals surface area contributed by atoms with Crippen molar-refractivity contribution in [3.8, 4) is 5.75 Å². The van der Waals surface area contributed by atoms with Crippen LogP contribution in [0.4, 0.5) is 10.1 Å². The molecule has 2 unspecified atom stereocenters. The van der Waals surface area contributed by atoms with E-state index in [2.05, 4.69) is 10.6 Å². The minimum absolute atomic E-state index is 0.0501. The minimum Gasteiger partial charge on any atom is -0.504 e. The Morgan fingerprint density at radius 1 is 1.12 bits per heavy atom. The van der Waals surface area contributed by atoms with Crippen molar-refractivity contribution in [2.75, 3.05) is 19.4 Å². The van der Waals surface area contributed by atoms with Crippen LogP contribution < -0.4 is 10.6 Å². The van der Waals surface area contributed by atoms with Crippen LogP contribution in [-0.4, -0.2) is 55.6 Å². The number of nitrogens with zero attached hydrogens (tertiary/aromatic N) is 1. The lowest BCUT2D eigenvalue weighted by atomic mass is 9.69. The molecule has 3 N–H and O–H groups in total. The molecule has 2 aliphatic rings. The summed E-state index contributed by atoms with van der Waals surface area (Å²) in [6, 6.07) is 6.76. The summed E-state index contributed by atoms with van der Waals surface area (Å²) in [5, 5.41) is 16.5. The average Bonchev–Trinajstić information content (AvgIpc) is 2.73. The lowest BCUT2D eigenvalue weighted by Crippen LogP contribution is -2.71. The number of sulfonamides is 1. The number of Topliss-reactive ketones (excluding diaryl/α,β-unsaturated/α-hetero) is 2. The van der Waals surface area contributed by atoms with Gasteiger partial charge in [-0.05, 0) is 49.1 Å². The second kappa shape index (κ2) is 8.35. The van der Waals surface area contributed by atoms with E-state index in [4.69, 9.17) is 11.6 Å². The Bertz CT molecular complexity index is 1250. The lowest BCUT2D eigenvalue weighted by Gasteiger charge is -2.48. The van der Waals surface area contributed by atoms with Gasteiger partial charge in [0, 0.05) is 19.6 Å². The Labute approximate surface area is 195 Å². The normalized spacial score (nSPS) is 22.1. The van der Waals surface area contributed by atoms with Crippen LogP contribution in [0, 0.1) is 5.82 Å². The molecule has 0 saturated heterocycles. The molecule has 11 heteroatoms. The number of carbonyl (C=O) groups is 2. The summed E-state index contributed by atoms with van der Waals surface area (Å²) in [5.41, 5.74) is -0.0101. The Morgan fingerprint density at radius 3 is 2.36 bits per heavy atom. The third-order valence-corrected chi connectivity index (χ3v) is 8.61. The number of ketones is 2. The van der Waals surface area contributed by atoms with Crippen LogP contribution in [0.25, 0.3) is 0 Å². The van der Waals surface area contributed by atoms with Gasteiger partial charge in [-0.1, -0.05) is 23.7 Å². The zero-order valence-electron chi connectivity index (χ0n) is 17.9. The van der Waals surface area contributed by atoms with Gasteiger partial charge in [0.25, 0.3) is 0 Å². The molecule has 0 amide bonds. The largest absolute Gasteiger partial charge is 0.504 e. The van der Waals surface area contributed by atoms with Gasteiger partial charge in [-0.15, -0.1) is 0 Å². The highest BCUT2D eigenvalue weighted by atomic mass is 35.5. The Hall–Kier alpha value is -2.53. The van der Waals surface area contributed by atoms with Gasteiger partial charge in [0.05, 0.1) is 10.7 Å². The number of anilines is 1. The Kier molecular flexibility index (Phi) is 5.98. The third kappa shape index (κ3) is 3.90. The van der Waals surface area contributed by atoms with Gasteiger partial charge in [-0.2, -0.15) is 0 Å². The van der Waals surface area contributed by atoms with Crippen molar-refractivity contribution in [2.24, 2.45) is 0 Å². The van der Waals surface area contributed by atoms with Gasteiger partial charge in [0.15, 0.2) is 5.75 Å². The Morgan fingerprint density at radius 2 is 1.79 bits per heavy atom. The first-order chi connectivity index (χ1) is 15.5. The first kappa shape index (κ1) is 23.6. The molecule has 0 aromatic heterocycles. The molecule has 33 heavy (non-hydrogen) atoms. The van der Waals surface area contributed by atoms with Crippen molar-refractivity contribution in [2.45, 2.75) is 41.8 Å². The first-order valence-electron chi connectivity index (χ1n) is 10.3. The number of hydrogen-bond donors (Lipinski definition) is 3. The molecule has 2 aromatic carbocycles. The summed E-state index contributed by atoms with van der Waals surface area (Å²) >= 11 is 6.03. The number of hydrogen-bond acceptors (Lipinski definition) is 7. The smallest absolute Gasteiger partial charge is 0.247 e. The monoisotopic (exact) mass is 495 g/mol. The van der Waals surface area contributed by atoms with E-state index in [1.54, 1.807) is 12.1 Å². The second-order valence-electron chi connectivity index (χ2n) is 8.48. The maximum Gasteiger partial charge on any atom is 0.247 e. The molecule has 0 aliphatic heterocycles. The molecule has 8 nitrogen and oxygen atoms in total. The average molecular weight is 496 g/mol. The zero-order chi connectivity index (χ0) is 24.1. The fraction of sp³-hybridized carbons (Fsp3) is 0.364. The fourth-order valence-electron chi connectivity index (χ4n) is 4.20. The highest BCUT2D eigenvalue weighted by molar-refractivity contribution is 7.89. The summed E-state index contributed by atoms with van der Waals surface area (Å²) in [6.45, 7) is 0. The molecule has 2 aromatic rings. The molecule has 2 atom stereocenters. The minimum atomic E-state index is -4.08. The van der Waals surface area contributed by atoms with Gasteiger partial charge in [0.2, 0.25) is 21.6 Å². The summed E-state index contributed by atoms with van der Waals surface area (Å²) in [4.78, 5) is 24.3. The van der Waals surface area contributed by atoms with Gasteiger partial charge >= 0.3 is 0 Å². The maximum atomic E-state index is 13.8. The standard InChI is InChI=1S/C22H23ClFN3O5S/c1-27(2)33(31,32)21-14(23)7-8-15(18(21)28)25-16-17(20(30)19(16)29)26-22(9-4-10-22)12-5-3-6-13(24)11-12/h3,5-8,11,16-17,25-26,28H,4,9-10H2,1-2H3. The molecule has 2 aliphatic carbocycles. The van der Waals surface area contributed by atoms with Crippen LogP contribution in [0.5, 0.6) is 5.75 Å². The molecule has 2 saturated carbocycles. The van der Waals surface area contributed by atoms with Gasteiger partial charge < -0.3 is 10.4 Å². The number of phenolic OH excluding ortho intramolecular Hbond substituents is 1. The lowest BCUT2D eigenvalue weighted by molar-refractivity contribution is -0.146. The zero-order valence-corrected chi connectivity index (χ0v) is 19.5. The summed E-state index contributed by atoms with van der Waals surface area (Å²) in [7, 11) is -1.49. The predicted molar refractivity (Wildman–Crippen MR) is 120 cm³/mol. The molecular formula is C22H23ClFN3O5S. The molecule has 0 bridgehead atoms. The highest BCUT2D eigenvalue weighted by Crippen LogP contribution is 2.43. The van der Waals surface area contributed by atoms with Crippen LogP contribution >= 0.6 is 11.6 Å². The number of halogens is 2. The van der Waals surface area contributed by atoms with Gasteiger partial charge in [-0.25, -0.2) is 17.1 Å².